The van der Waals surface area contributed by atoms with Gasteiger partial charge in [-0.3, -0.25) is 0 Å². The summed E-state index contributed by atoms with van der Waals surface area (Å²) in [6, 6.07) is 7.36. The molecule has 2 aromatic rings. The Morgan fingerprint density at radius 2 is 2.17 bits per heavy atom. The van der Waals surface area contributed by atoms with E-state index >= 15 is 0 Å². The Labute approximate surface area is 116 Å². The maximum atomic E-state index is 12.9. The maximum absolute atomic E-state index is 12.9. The highest BCUT2D eigenvalue weighted by molar-refractivity contribution is 9.10. The minimum atomic E-state index is -0.390. The second kappa shape index (κ2) is 5.34. The first-order valence-electron chi connectivity index (χ1n) is 4.79. The van der Waals surface area contributed by atoms with E-state index in [1.165, 1.54) is 30.5 Å². The number of benzene rings is 1. The van der Waals surface area contributed by atoms with Crippen LogP contribution in [-0.4, -0.2) is 4.98 Å². The van der Waals surface area contributed by atoms with Crippen molar-refractivity contribution in [2.75, 3.05) is 0 Å². The minimum absolute atomic E-state index is 0.100. The second-order valence-corrected chi connectivity index (χ2v) is 4.50. The van der Waals surface area contributed by atoms with Gasteiger partial charge in [-0.05, 0) is 40.2 Å². The molecular formula is C12H5BrClFN2O. The van der Waals surface area contributed by atoms with Crippen LogP contribution in [0.3, 0.4) is 0 Å². The fraction of sp³-hybridized carbons (Fsp3) is 0. The Balaban J connectivity index is 2.38. The van der Waals surface area contributed by atoms with Crippen LogP contribution in [0.5, 0.6) is 11.6 Å². The third kappa shape index (κ3) is 2.61. The number of hydrogen-bond acceptors (Lipinski definition) is 3. The number of aromatic nitrogens is 1. The van der Waals surface area contributed by atoms with Gasteiger partial charge >= 0.3 is 0 Å². The molecule has 0 aliphatic heterocycles. The summed E-state index contributed by atoms with van der Waals surface area (Å²) in [5.74, 6) is 0.0722. The molecule has 1 aromatic heterocycles. The van der Waals surface area contributed by atoms with Crippen molar-refractivity contribution in [3.63, 3.8) is 0 Å². The van der Waals surface area contributed by atoms with Crippen molar-refractivity contribution in [2.24, 2.45) is 0 Å². The zero-order valence-electron chi connectivity index (χ0n) is 8.82. The van der Waals surface area contributed by atoms with E-state index in [1.54, 1.807) is 0 Å². The van der Waals surface area contributed by atoms with E-state index in [1.807, 2.05) is 6.07 Å². The van der Waals surface area contributed by atoms with Crippen LogP contribution in [0, 0.1) is 17.1 Å². The largest absolute Gasteiger partial charge is 0.436 e. The second-order valence-electron chi connectivity index (χ2n) is 3.27. The smallest absolute Gasteiger partial charge is 0.239 e. The van der Waals surface area contributed by atoms with Gasteiger partial charge in [0.25, 0.3) is 0 Å². The van der Waals surface area contributed by atoms with Gasteiger partial charge in [0, 0.05) is 6.20 Å². The fourth-order valence-electron chi connectivity index (χ4n) is 1.24. The van der Waals surface area contributed by atoms with E-state index in [2.05, 4.69) is 20.9 Å². The summed E-state index contributed by atoms with van der Waals surface area (Å²) in [6.45, 7) is 0. The van der Waals surface area contributed by atoms with E-state index in [0.717, 1.165) is 0 Å². The van der Waals surface area contributed by atoms with Gasteiger partial charge in [0.15, 0.2) is 0 Å². The predicted octanol–water partition coefficient (Wildman–Crippen LogP) is 4.30. The van der Waals surface area contributed by atoms with Crippen LogP contribution in [0.2, 0.25) is 5.02 Å². The first kappa shape index (κ1) is 12.8. The average molecular weight is 328 g/mol. The van der Waals surface area contributed by atoms with E-state index < -0.39 is 0 Å². The molecule has 0 aliphatic rings. The van der Waals surface area contributed by atoms with Gasteiger partial charge in [0.2, 0.25) is 5.88 Å². The molecule has 0 aliphatic carbocycles. The van der Waals surface area contributed by atoms with Crippen LogP contribution in [0.25, 0.3) is 0 Å². The monoisotopic (exact) mass is 326 g/mol. The van der Waals surface area contributed by atoms with Crippen molar-refractivity contribution in [3.8, 4) is 17.7 Å². The van der Waals surface area contributed by atoms with E-state index in [-0.39, 0.29) is 22.3 Å². The molecule has 1 heterocycles. The minimum Gasteiger partial charge on any atom is -0.436 e. The molecule has 0 saturated carbocycles. The van der Waals surface area contributed by atoms with Gasteiger partial charge in [-0.15, -0.1) is 0 Å². The van der Waals surface area contributed by atoms with Crippen molar-refractivity contribution in [1.29, 1.82) is 5.26 Å². The van der Waals surface area contributed by atoms with Crippen LogP contribution >= 0.6 is 27.5 Å². The van der Waals surface area contributed by atoms with Crippen LogP contribution < -0.4 is 4.74 Å². The summed E-state index contributed by atoms with van der Waals surface area (Å²) in [4.78, 5) is 3.93. The van der Waals surface area contributed by atoms with Crippen molar-refractivity contribution < 1.29 is 9.13 Å². The zero-order valence-corrected chi connectivity index (χ0v) is 11.2. The Kier molecular flexibility index (Phi) is 3.80. The number of ether oxygens (including phenoxy) is 1. The summed E-state index contributed by atoms with van der Waals surface area (Å²) in [7, 11) is 0. The molecule has 3 nitrogen and oxygen atoms in total. The molecule has 0 amide bonds. The third-order valence-corrected chi connectivity index (χ3v) is 3.06. The highest BCUT2D eigenvalue weighted by atomic mass is 79.9. The Morgan fingerprint density at radius 1 is 1.39 bits per heavy atom. The fourth-order valence-corrected chi connectivity index (χ4v) is 1.87. The van der Waals surface area contributed by atoms with Crippen LogP contribution in [0.1, 0.15) is 5.56 Å². The molecule has 0 atom stereocenters. The molecule has 90 valence electrons. The summed E-state index contributed by atoms with van der Waals surface area (Å²) in [5, 5.41) is 8.94. The maximum Gasteiger partial charge on any atom is 0.239 e. The van der Waals surface area contributed by atoms with Gasteiger partial charge < -0.3 is 4.74 Å². The number of rotatable bonds is 2. The molecule has 0 radical (unpaired) electrons. The van der Waals surface area contributed by atoms with Crippen molar-refractivity contribution in [2.45, 2.75) is 0 Å². The van der Waals surface area contributed by atoms with Gasteiger partial charge in [0.1, 0.15) is 22.7 Å². The van der Waals surface area contributed by atoms with Crippen molar-refractivity contribution in [1.82, 2.24) is 4.98 Å². The molecule has 0 bridgehead atoms. The lowest BCUT2D eigenvalue weighted by atomic mass is 10.3. The molecule has 1 aromatic carbocycles. The highest BCUT2D eigenvalue weighted by Gasteiger charge is 2.11. The summed E-state index contributed by atoms with van der Waals surface area (Å²) in [6.07, 6.45) is 1.41. The standard InChI is InChI=1S/C12H5BrClFN2O/c13-9-5-8(15)1-2-10(9)18-12-11(14)7(6-16)3-4-17-12/h1-5H. The lowest BCUT2D eigenvalue weighted by Crippen LogP contribution is -1.92. The number of nitrogens with zero attached hydrogens (tertiary/aromatic N) is 2. The number of nitriles is 1. The molecule has 0 spiro atoms. The number of halogens is 3. The van der Waals surface area contributed by atoms with E-state index in [0.29, 0.717) is 10.2 Å². The zero-order chi connectivity index (χ0) is 13.1. The van der Waals surface area contributed by atoms with Crippen LogP contribution in [0.4, 0.5) is 4.39 Å². The van der Waals surface area contributed by atoms with Gasteiger partial charge in [-0.25, -0.2) is 9.37 Å². The van der Waals surface area contributed by atoms with Gasteiger partial charge in [-0.1, -0.05) is 11.6 Å². The Morgan fingerprint density at radius 3 is 2.83 bits per heavy atom. The van der Waals surface area contributed by atoms with Crippen molar-refractivity contribution >= 4 is 27.5 Å². The SMILES string of the molecule is N#Cc1ccnc(Oc2ccc(F)cc2Br)c1Cl. The lowest BCUT2D eigenvalue weighted by molar-refractivity contribution is 0.458. The number of pyridine rings is 1. The molecule has 18 heavy (non-hydrogen) atoms. The highest BCUT2D eigenvalue weighted by Crippen LogP contribution is 2.33. The van der Waals surface area contributed by atoms with E-state index in [4.69, 9.17) is 21.6 Å². The summed E-state index contributed by atoms with van der Waals surface area (Å²) in [5.41, 5.74) is 0.264. The average Bonchev–Trinajstić information content (AvgIpc) is 2.35. The van der Waals surface area contributed by atoms with Crippen molar-refractivity contribution in [3.05, 3.63) is 51.3 Å². The molecule has 0 fully saturated rings. The molecule has 6 heteroatoms. The van der Waals surface area contributed by atoms with Gasteiger partial charge in [-0.2, -0.15) is 5.26 Å². The number of hydrogen-bond donors (Lipinski definition) is 0. The molecule has 0 saturated heterocycles. The Bertz CT molecular complexity index is 642. The predicted molar refractivity (Wildman–Crippen MR) is 68.1 cm³/mol. The van der Waals surface area contributed by atoms with Crippen LogP contribution in [0.15, 0.2) is 34.9 Å². The van der Waals surface area contributed by atoms with Crippen LogP contribution in [-0.2, 0) is 0 Å². The molecular weight excluding hydrogens is 322 g/mol. The molecule has 0 N–H and O–H groups in total. The first-order valence-corrected chi connectivity index (χ1v) is 5.96. The van der Waals surface area contributed by atoms with Gasteiger partial charge in [0.05, 0.1) is 10.0 Å². The third-order valence-electron chi connectivity index (χ3n) is 2.08. The quantitative estimate of drug-likeness (QED) is 0.826. The Hall–Kier alpha value is -1.64. The lowest BCUT2D eigenvalue weighted by Gasteiger charge is -2.08. The van der Waals surface area contributed by atoms with E-state index in [9.17, 15) is 4.39 Å². The first-order chi connectivity index (χ1) is 8.61. The molecule has 0 unspecified atom stereocenters. The topological polar surface area (TPSA) is 45.9 Å². The normalized spacial score (nSPS) is 9.89. The summed E-state index contributed by atoms with van der Waals surface area (Å²) >= 11 is 9.11. The summed E-state index contributed by atoms with van der Waals surface area (Å²) < 4.78 is 18.8. The molecule has 2 rings (SSSR count).